The summed E-state index contributed by atoms with van der Waals surface area (Å²) in [6, 6.07) is 14.5. The Morgan fingerprint density at radius 1 is 1.07 bits per heavy atom. The largest absolute Gasteiger partial charge is 0.127 e. The summed E-state index contributed by atoms with van der Waals surface area (Å²) in [6.45, 7) is 3.57. The van der Waals surface area contributed by atoms with Crippen molar-refractivity contribution < 1.29 is 0 Å². The van der Waals surface area contributed by atoms with Gasteiger partial charge in [0.15, 0.2) is 0 Å². The molecule has 0 bridgehead atoms. The molecule has 0 saturated heterocycles. The first kappa shape index (κ1) is 9.76. The van der Waals surface area contributed by atoms with Gasteiger partial charge in [-0.25, -0.2) is 0 Å². The summed E-state index contributed by atoms with van der Waals surface area (Å²) < 4.78 is 0. The molecule has 72 valence electrons. The summed E-state index contributed by atoms with van der Waals surface area (Å²) in [7, 11) is 0. The second kappa shape index (κ2) is 4.63. The Morgan fingerprint density at radius 3 is 2.60 bits per heavy atom. The lowest BCUT2D eigenvalue weighted by molar-refractivity contribution is 1.70. The van der Waals surface area contributed by atoms with Crippen molar-refractivity contribution in [3.8, 4) is 22.3 Å². The highest BCUT2D eigenvalue weighted by atomic mass is 32.1. The van der Waals surface area contributed by atoms with Crippen LogP contribution in [-0.4, -0.2) is 0 Å². The summed E-state index contributed by atoms with van der Waals surface area (Å²) in [5.41, 5.74) is 1.24. The van der Waals surface area contributed by atoms with Crippen molar-refractivity contribution in [3.05, 3.63) is 60.0 Å². The molecule has 0 spiro atoms. The summed E-state index contributed by atoms with van der Waals surface area (Å²) in [6.07, 6.45) is 1.61. The van der Waals surface area contributed by atoms with Crippen molar-refractivity contribution in [3.63, 3.8) is 0 Å². The molecule has 0 nitrogen and oxygen atoms in total. The maximum atomic E-state index is 3.57. The van der Waals surface area contributed by atoms with Gasteiger partial charge in [-0.2, -0.15) is 0 Å². The van der Waals surface area contributed by atoms with Crippen molar-refractivity contribution in [1.82, 2.24) is 0 Å². The summed E-state index contributed by atoms with van der Waals surface area (Å²) in [5, 5.41) is 0. The number of benzene rings is 1. The van der Waals surface area contributed by atoms with Gasteiger partial charge in [-0.3, -0.25) is 0 Å². The van der Waals surface area contributed by atoms with Gasteiger partial charge in [-0.05, 0) is 23.8 Å². The van der Waals surface area contributed by atoms with Crippen LogP contribution in [0.5, 0.6) is 0 Å². The van der Waals surface area contributed by atoms with Gasteiger partial charge >= 0.3 is 0 Å². The molecular formula is C14H10S. The third-order valence-electron chi connectivity index (χ3n) is 1.96. The molecule has 0 radical (unpaired) electrons. The van der Waals surface area contributed by atoms with Crippen LogP contribution >= 0.6 is 11.3 Å². The predicted octanol–water partition coefficient (Wildman–Crippen LogP) is 3.95. The van der Waals surface area contributed by atoms with Gasteiger partial charge in [0.25, 0.3) is 0 Å². The van der Waals surface area contributed by atoms with E-state index in [0.717, 1.165) is 4.88 Å². The lowest BCUT2D eigenvalue weighted by atomic mass is 10.2. The third kappa shape index (κ3) is 2.37. The first-order valence-corrected chi connectivity index (χ1v) is 5.49. The van der Waals surface area contributed by atoms with Crippen LogP contribution in [0.25, 0.3) is 10.4 Å². The fourth-order valence-electron chi connectivity index (χ4n) is 1.28. The van der Waals surface area contributed by atoms with Crippen molar-refractivity contribution in [1.29, 1.82) is 0 Å². The van der Waals surface area contributed by atoms with E-state index < -0.39 is 0 Å². The van der Waals surface area contributed by atoms with Gasteiger partial charge < -0.3 is 0 Å². The molecule has 0 atom stereocenters. The van der Waals surface area contributed by atoms with Gasteiger partial charge in [-0.1, -0.05) is 48.8 Å². The molecule has 0 unspecified atom stereocenters. The SMILES string of the molecule is C=CC#Cc1ccc(-c2ccccc2)s1. The van der Waals surface area contributed by atoms with Crippen LogP contribution in [-0.2, 0) is 0 Å². The number of rotatable bonds is 1. The molecular weight excluding hydrogens is 200 g/mol. The van der Waals surface area contributed by atoms with Crippen LogP contribution < -0.4 is 0 Å². The van der Waals surface area contributed by atoms with Gasteiger partial charge in [0.05, 0.1) is 4.88 Å². The van der Waals surface area contributed by atoms with Crippen LogP contribution in [0.2, 0.25) is 0 Å². The molecule has 1 heteroatoms. The molecule has 0 aliphatic heterocycles. The average Bonchev–Trinajstić information content (AvgIpc) is 2.76. The molecule has 0 aliphatic carbocycles. The van der Waals surface area contributed by atoms with E-state index in [0.29, 0.717) is 0 Å². The minimum absolute atomic E-state index is 1.08. The number of allylic oxidation sites excluding steroid dienone is 1. The Hall–Kier alpha value is -1.78. The Balaban J connectivity index is 2.32. The van der Waals surface area contributed by atoms with E-state index in [4.69, 9.17) is 0 Å². The van der Waals surface area contributed by atoms with Crippen LogP contribution in [0, 0.1) is 11.8 Å². The molecule has 0 amide bonds. The van der Waals surface area contributed by atoms with Crippen molar-refractivity contribution in [2.45, 2.75) is 0 Å². The molecule has 0 aliphatic rings. The standard InChI is InChI=1S/C14H10S/c1-2-3-9-13-10-11-14(15-13)12-7-5-4-6-8-12/h2,4-8,10-11H,1H2. The number of thiophene rings is 1. The zero-order valence-corrected chi connectivity index (χ0v) is 9.05. The second-order valence-corrected chi connectivity index (χ2v) is 4.09. The van der Waals surface area contributed by atoms with Crippen LogP contribution in [0.1, 0.15) is 4.88 Å². The van der Waals surface area contributed by atoms with E-state index >= 15 is 0 Å². The molecule has 2 aromatic rings. The first-order valence-electron chi connectivity index (χ1n) is 4.68. The fraction of sp³-hybridized carbons (Fsp3) is 0. The highest BCUT2D eigenvalue weighted by Gasteiger charge is 1.99. The van der Waals surface area contributed by atoms with Crippen molar-refractivity contribution >= 4 is 11.3 Å². The van der Waals surface area contributed by atoms with Crippen molar-refractivity contribution in [2.24, 2.45) is 0 Å². The van der Waals surface area contributed by atoms with Crippen LogP contribution in [0.4, 0.5) is 0 Å². The molecule has 0 fully saturated rings. The Kier molecular flexibility index (Phi) is 3.02. The van der Waals surface area contributed by atoms with Crippen LogP contribution in [0.3, 0.4) is 0 Å². The lowest BCUT2D eigenvalue weighted by Gasteiger charge is -1.93. The van der Waals surface area contributed by atoms with E-state index in [1.54, 1.807) is 17.4 Å². The molecule has 0 N–H and O–H groups in total. The third-order valence-corrected chi connectivity index (χ3v) is 3.01. The zero-order chi connectivity index (χ0) is 10.5. The first-order chi connectivity index (χ1) is 7.40. The molecule has 2 rings (SSSR count). The molecule has 1 aromatic heterocycles. The Labute approximate surface area is 93.9 Å². The number of hydrogen-bond acceptors (Lipinski definition) is 1. The summed E-state index contributed by atoms with van der Waals surface area (Å²) >= 11 is 1.70. The monoisotopic (exact) mass is 210 g/mol. The quantitative estimate of drug-likeness (QED) is 0.625. The molecule has 0 saturated carbocycles. The Morgan fingerprint density at radius 2 is 1.87 bits per heavy atom. The highest BCUT2D eigenvalue weighted by molar-refractivity contribution is 7.16. The zero-order valence-electron chi connectivity index (χ0n) is 8.23. The van der Waals surface area contributed by atoms with Crippen LogP contribution in [0.15, 0.2) is 55.1 Å². The number of hydrogen-bond donors (Lipinski definition) is 0. The molecule has 1 heterocycles. The molecule has 1 aromatic carbocycles. The minimum Gasteiger partial charge on any atom is -0.127 e. The van der Waals surface area contributed by atoms with Gasteiger partial charge in [0, 0.05) is 4.88 Å². The maximum absolute atomic E-state index is 3.57. The maximum Gasteiger partial charge on any atom is 0.0778 e. The van der Waals surface area contributed by atoms with E-state index in [9.17, 15) is 0 Å². The predicted molar refractivity (Wildman–Crippen MR) is 66.8 cm³/mol. The lowest BCUT2D eigenvalue weighted by Crippen LogP contribution is -1.67. The van der Waals surface area contributed by atoms with E-state index in [2.05, 4.69) is 36.6 Å². The van der Waals surface area contributed by atoms with Crippen molar-refractivity contribution in [2.75, 3.05) is 0 Å². The summed E-state index contributed by atoms with van der Waals surface area (Å²) in [5.74, 6) is 5.89. The van der Waals surface area contributed by atoms with Gasteiger partial charge in [-0.15, -0.1) is 11.3 Å². The van der Waals surface area contributed by atoms with E-state index in [1.807, 2.05) is 24.3 Å². The summed E-state index contributed by atoms with van der Waals surface area (Å²) in [4.78, 5) is 2.33. The highest BCUT2D eigenvalue weighted by Crippen LogP contribution is 2.27. The second-order valence-electron chi connectivity index (χ2n) is 3.00. The van der Waals surface area contributed by atoms with E-state index in [1.165, 1.54) is 10.4 Å². The topological polar surface area (TPSA) is 0 Å². The van der Waals surface area contributed by atoms with Gasteiger partial charge in [0.2, 0.25) is 0 Å². The van der Waals surface area contributed by atoms with E-state index in [-0.39, 0.29) is 0 Å². The van der Waals surface area contributed by atoms with Gasteiger partial charge in [0.1, 0.15) is 0 Å². The fourth-order valence-corrected chi connectivity index (χ4v) is 2.16. The minimum atomic E-state index is 1.08. The Bertz CT molecular complexity index is 509. The average molecular weight is 210 g/mol. The molecule has 15 heavy (non-hydrogen) atoms. The smallest absolute Gasteiger partial charge is 0.0778 e. The normalized spacial score (nSPS) is 9.07.